The SMILES string of the molecule is COc1ccc(S(N)(=O)=O)cc1NCc1cnco1. The average Bonchev–Trinajstić information content (AvgIpc) is 2.88. The van der Waals surface area contributed by atoms with Gasteiger partial charge in [0.25, 0.3) is 0 Å². The van der Waals surface area contributed by atoms with Crippen molar-refractivity contribution in [1.82, 2.24) is 4.98 Å². The van der Waals surface area contributed by atoms with Gasteiger partial charge in [0.15, 0.2) is 6.39 Å². The van der Waals surface area contributed by atoms with E-state index < -0.39 is 10.0 Å². The summed E-state index contributed by atoms with van der Waals surface area (Å²) >= 11 is 0. The van der Waals surface area contributed by atoms with Crippen LogP contribution in [0.5, 0.6) is 5.75 Å². The van der Waals surface area contributed by atoms with Gasteiger partial charge in [0, 0.05) is 0 Å². The molecule has 0 saturated heterocycles. The molecular formula is C11H13N3O4S. The van der Waals surface area contributed by atoms with Crippen molar-refractivity contribution < 1.29 is 17.6 Å². The molecule has 0 spiro atoms. The maximum absolute atomic E-state index is 11.3. The van der Waals surface area contributed by atoms with Crippen molar-refractivity contribution in [3.63, 3.8) is 0 Å². The topological polar surface area (TPSA) is 107 Å². The van der Waals surface area contributed by atoms with Crippen LogP contribution in [0, 0.1) is 0 Å². The van der Waals surface area contributed by atoms with Crippen molar-refractivity contribution in [2.75, 3.05) is 12.4 Å². The molecule has 0 aliphatic heterocycles. The van der Waals surface area contributed by atoms with Gasteiger partial charge in [-0.3, -0.25) is 0 Å². The van der Waals surface area contributed by atoms with Crippen LogP contribution in [0.4, 0.5) is 5.69 Å². The Labute approximate surface area is 110 Å². The number of hydrogen-bond donors (Lipinski definition) is 2. The molecule has 0 radical (unpaired) electrons. The quantitative estimate of drug-likeness (QED) is 0.845. The van der Waals surface area contributed by atoms with E-state index in [0.717, 1.165) is 0 Å². The molecule has 8 heteroatoms. The summed E-state index contributed by atoms with van der Waals surface area (Å²) in [6, 6.07) is 4.32. The molecule has 0 bridgehead atoms. The van der Waals surface area contributed by atoms with Crippen LogP contribution in [0.25, 0.3) is 0 Å². The number of methoxy groups -OCH3 is 1. The summed E-state index contributed by atoms with van der Waals surface area (Å²) in [5.74, 6) is 1.12. The van der Waals surface area contributed by atoms with E-state index in [1.165, 1.54) is 31.7 Å². The minimum atomic E-state index is -3.75. The third-order valence-electron chi connectivity index (χ3n) is 2.44. The maximum atomic E-state index is 11.3. The molecule has 2 aromatic rings. The third-order valence-corrected chi connectivity index (χ3v) is 3.35. The Bertz CT molecular complexity index is 653. The lowest BCUT2D eigenvalue weighted by Crippen LogP contribution is -2.12. The molecule has 0 atom stereocenters. The van der Waals surface area contributed by atoms with Gasteiger partial charge in [0.1, 0.15) is 11.5 Å². The minimum Gasteiger partial charge on any atom is -0.495 e. The predicted molar refractivity (Wildman–Crippen MR) is 68.2 cm³/mol. The van der Waals surface area contributed by atoms with Crippen molar-refractivity contribution in [2.45, 2.75) is 11.4 Å². The van der Waals surface area contributed by atoms with Gasteiger partial charge in [0.2, 0.25) is 10.0 Å². The van der Waals surface area contributed by atoms with Crippen LogP contribution in [0.3, 0.4) is 0 Å². The number of nitrogens with one attached hydrogen (secondary N) is 1. The smallest absolute Gasteiger partial charge is 0.238 e. The number of hydrogen-bond acceptors (Lipinski definition) is 6. The number of primary sulfonamides is 1. The number of oxazole rings is 1. The maximum Gasteiger partial charge on any atom is 0.238 e. The van der Waals surface area contributed by atoms with Crippen molar-refractivity contribution >= 4 is 15.7 Å². The highest BCUT2D eigenvalue weighted by molar-refractivity contribution is 7.89. The van der Waals surface area contributed by atoms with Crippen LogP contribution in [-0.4, -0.2) is 20.5 Å². The Hall–Kier alpha value is -2.06. The van der Waals surface area contributed by atoms with Crippen LogP contribution >= 0.6 is 0 Å². The molecule has 1 aromatic heterocycles. The zero-order valence-corrected chi connectivity index (χ0v) is 11.0. The van der Waals surface area contributed by atoms with E-state index in [9.17, 15) is 8.42 Å². The van der Waals surface area contributed by atoms with Gasteiger partial charge in [-0.15, -0.1) is 0 Å². The molecule has 0 aliphatic rings. The van der Waals surface area contributed by atoms with Crippen LogP contribution in [-0.2, 0) is 16.6 Å². The molecule has 102 valence electrons. The molecule has 0 aliphatic carbocycles. The Morgan fingerprint density at radius 1 is 1.47 bits per heavy atom. The molecule has 1 aromatic carbocycles. The molecule has 1 heterocycles. The molecule has 0 fully saturated rings. The van der Waals surface area contributed by atoms with E-state index in [2.05, 4.69) is 10.3 Å². The van der Waals surface area contributed by atoms with Gasteiger partial charge in [-0.05, 0) is 18.2 Å². The highest BCUT2D eigenvalue weighted by Gasteiger charge is 2.12. The first-order chi connectivity index (χ1) is 9.00. The first-order valence-corrected chi connectivity index (χ1v) is 6.87. The van der Waals surface area contributed by atoms with Gasteiger partial charge < -0.3 is 14.5 Å². The average molecular weight is 283 g/mol. The van der Waals surface area contributed by atoms with Gasteiger partial charge in [-0.2, -0.15) is 0 Å². The van der Waals surface area contributed by atoms with E-state index >= 15 is 0 Å². The zero-order valence-electron chi connectivity index (χ0n) is 10.2. The molecular weight excluding hydrogens is 270 g/mol. The molecule has 3 N–H and O–H groups in total. The number of sulfonamides is 1. The summed E-state index contributed by atoms with van der Waals surface area (Å²) in [6.07, 6.45) is 2.87. The third kappa shape index (κ3) is 3.24. The van der Waals surface area contributed by atoms with E-state index in [-0.39, 0.29) is 4.90 Å². The van der Waals surface area contributed by atoms with Gasteiger partial charge >= 0.3 is 0 Å². The second-order valence-corrected chi connectivity index (χ2v) is 5.29. The highest BCUT2D eigenvalue weighted by atomic mass is 32.2. The normalized spacial score (nSPS) is 11.3. The fourth-order valence-electron chi connectivity index (χ4n) is 1.51. The molecule has 19 heavy (non-hydrogen) atoms. The zero-order chi connectivity index (χ0) is 13.9. The number of rotatable bonds is 5. The van der Waals surface area contributed by atoms with Crippen LogP contribution in [0.1, 0.15) is 5.76 Å². The second kappa shape index (κ2) is 5.29. The molecule has 2 rings (SSSR count). The second-order valence-electron chi connectivity index (χ2n) is 3.73. The highest BCUT2D eigenvalue weighted by Crippen LogP contribution is 2.27. The van der Waals surface area contributed by atoms with E-state index in [1.54, 1.807) is 6.20 Å². The summed E-state index contributed by atoms with van der Waals surface area (Å²) in [7, 11) is -2.26. The lowest BCUT2D eigenvalue weighted by Gasteiger charge is -2.11. The Kier molecular flexibility index (Phi) is 3.72. The Morgan fingerprint density at radius 2 is 2.26 bits per heavy atom. The summed E-state index contributed by atoms with van der Waals surface area (Å²) in [4.78, 5) is 3.79. The molecule has 0 amide bonds. The van der Waals surface area contributed by atoms with Gasteiger partial charge in [-0.25, -0.2) is 18.5 Å². The van der Waals surface area contributed by atoms with Crippen LogP contribution in [0.2, 0.25) is 0 Å². The number of nitrogens with zero attached hydrogens (tertiary/aromatic N) is 1. The number of ether oxygens (including phenoxy) is 1. The molecule has 0 saturated carbocycles. The number of benzene rings is 1. The summed E-state index contributed by atoms with van der Waals surface area (Å²) in [6.45, 7) is 0.352. The largest absolute Gasteiger partial charge is 0.495 e. The summed E-state index contributed by atoms with van der Waals surface area (Å²) in [5.41, 5.74) is 0.505. The van der Waals surface area contributed by atoms with E-state index in [4.69, 9.17) is 14.3 Å². The Balaban J connectivity index is 2.26. The fourth-order valence-corrected chi connectivity index (χ4v) is 2.05. The van der Waals surface area contributed by atoms with Crippen molar-refractivity contribution in [3.8, 4) is 5.75 Å². The first kappa shape index (κ1) is 13.4. The number of nitrogens with two attached hydrogens (primary N) is 1. The van der Waals surface area contributed by atoms with Crippen LogP contribution < -0.4 is 15.2 Å². The molecule has 0 unspecified atom stereocenters. The standard InChI is InChI=1S/C11H13N3O4S/c1-17-11-3-2-9(19(12,15)16)4-10(11)14-6-8-5-13-7-18-8/h2-5,7,14H,6H2,1H3,(H2,12,15,16). The van der Waals surface area contributed by atoms with E-state index in [0.29, 0.717) is 23.7 Å². The number of anilines is 1. The first-order valence-electron chi connectivity index (χ1n) is 5.33. The van der Waals surface area contributed by atoms with E-state index in [1.807, 2.05) is 0 Å². The van der Waals surface area contributed by atoms with Gasteiger partial charge in [0.05, 0.1) is 30.4 Å². The van der Waals surface area contributed by atoms with Crippen molar-refractivity contribution in [2.24, 2.45) is 5.14 Å². The minimum absolute atomic E-state index is 0.00775. The fraction of sp³-hybridized carbons (Fsp3) is 0.182. The van der Waals surface area contributed by atoms with Crippen molar-refractivity contribution in [3.05, 3.63) is 36.5 Å². The Morgan fingerprint density at radius 3 is 2.84 bits per heavy atom. The summed E-state index contributed by atoms with van der Waals surface area (Å²) in [5, 5.41) is 8.08. The van der Waals surface area contributed by atoms with Gasteiger partial charge in [-0.1, -0.05) is 0 Å². The lowest BCUT2D eigenvalue weighted by molar-refractivity contribution is 0.415. The predicted octanol–water partition coefficient (Wildman–Crippen LogP) is 0.943. The molecule has 7 nitrogen and oxygen atoms in total. The van der Waals surface area contributed by atoms with Crippen molar-refractivity contribution in [1.29, 1.82) is 0 Å². The lowest BCUT2D eigenvalue weighted by atomic mass is 10.3. The monoisotopic (exact) mass is 283 g/mol. The van der Waals surface area contributed by atoms with Crippen LogP contribution in [0.15, 0.2) is 40.1 Å². The summed E-state index contributed by atoms with van der Waals surface area (Å²) < 4.78 is 32.8. The number of aromatic nitrogens is 1.